The number of hydrogen-bond acceptors (Lipinski definition) is 10. The molecule has 0 saturated carbocycles. The van der Waals surface area contributed by atoms with Gasteiger partial charge in [0.1, 0.15) is 15.5 Å². The van der Waals surface area contributed by atoms with Crippen LogP contribution in [0.4, 0.5) is 17.8 Å². The minimum absolute atomic E-state index is 0.141. The number of aryl methyl sites for hydroxylation is 3. The fourth-order valence-electron chi connectivity index (χ4n) is 1.92. The quantitative estimate of drug-likeness (QED) is 0.305. The molecule has 0 aromatic carbocycles. The number of rotatable bonds is 9. The minimum atomic E-state index is -4.37. The molecule has 158 valence electrons. The first-order valence-corrected chi connectivity index (χ1v) is 10.2. The van der Waals surface area contributed by atoms with Gasteiger partial charge in [0, 0.05) is 39.7 Å². The van der Waals surface area contributed by atoms with Crippen LogP contribution in [0.15, 0.2) is 18.6 Å². The van der Waals surface area contributed by atoms with Gasteiger partial charge < -0.3 is 13.7 Å². The third-order valence-electron chi connectivity index (χ3n) is 3.29. The van der Waals surface area contributed by atoms with Crippen LogP contribution >= 0.6 is 42.6 Å². The Balaban J connectivity index is 1.73. The van der Waals surface area contributed by atoms with Crippen molar-refractivity contribution in [3.8, 4) is 0 Å². The molecule has 0 aliphatic rings. The summed E-state index contributed by atoms with van der Waals surface area (Å²) in [6.07, 6.45) is 4.51. The molecule has 0 radical (unpaired) electrons. The molecule has 0 aliphatic carbocycles. The maximum absolute atomic E-state index is 13.0. The molecule has 0 atom stereocenters. The van der Waals surface area contributed by atoms with Gasteiger partial charge in [0.25, 0.3) is 0 Å². The van der Waals surface area contributed by atoms with Crippen molar-refractivity contribution < 1.29 is 18.4 Å². The van der Waals surface area contributed by atoms with Crippen molar-refractivity contribution in [2.45, 2.75) is 0 Å². The van der Waals surface area contributed by atoms with Crippen LogP contribution in [0.25, 0.3) is 0 Å². The molecule has 0 amide bonds. The standard InChI is InChI=1S/C12H15Cl3N9O4P/c1-22-4-7(13)16-10(22)19-26-29(25,27-20-11-17-8(14)5-23(11)2)28-21-12-18-9(15)6-24(12)3/h4-6H,1-3H3,(H,16,19)(H,17,20)(H,18,21). The van der Waals surface area contributed by atoms with E-state index in [0.717, 1.165) is 0 Å². The van der Waals surface area contributed by atoms with Crippen LogP contribution < -0.4 is 16.4 Å². The lowest BCUT2D eigenvalue weighted by Gasteiger charge is -2.17. The van der Waals surface area contributed by atoms with Crippen molar-refractivity contribution >= 4 is 60.5 Å². The summed E-state index contributed by atoms with van der Waals surface area (Å²) in [5.74, 6) is 0.424. The van der Waals surface area contributed by atoms with Crippen LogP contribution in [-0.4, -0.2) is 28.7 Å². The maximum atomic E-state index is 13.0. The lowest BCUT2D eigenvalue weighted by atomic mass is 10.9. The smallest absolute Gasteiger partial charge is 0.317 e. The second kappa shape index (κ2) is 8.79. The monoisotopic (exact) mass is 485 g/mol. The first kappa shape index (κ1) is 21.7. The van der Waals surface area contributed by atoms with Crippen LogP contribution in [0, 0.1) is 0 Å². The molecule has 13 nitrogen and oxygen atoms in total. The zero-order valence-electron chi connectivity index (χ0n) is 15.1. The number of hydrogen-bond donors (Lipinski definition) is 3. The molecule has 3 aromatic heterocycles. The lowest BCUT2D eigenvalue weighted by Crippen LogP contribution is -2.15. The molecule has 0 unspecified atom stereocenters. The Bertz CT molecular complexity index is 923. The maximum Gasteiger partial charge on any atom is 0.539 e. The van der Waals surface area contributed by atoms with E-state index in [4.69, 9.17) is 48.7 Å². The molecule has 3 aromatic rings. The fraction of sp³-hybridized carbons (Fsp3) is 0.250. The zero-order chi connectivity index (χ0) is 21.2. The number of nitrogens with one attached hydrogen (secondary N) is 3. The van der Waals surface area contributed by atoms with E-state index < -0.39 is 7.82 Å². The van der Waals surface area contributed by atoms with Gasteiger partial charge >= 0.3 is 7.82 Å². The largest absolute Gasteiger partial charge is 0.539 e. The Morgan fingerprint density at radius 1 is 0.724 bits per heavy atom. The first-order valence-electron chi connectivity index (χ1n) is 7.65. The first-order chi connectivity index (χ1) is 13.6. The Labute approximate surface area is 179 Å². The van der Waals surface area contributed by atoms with E-state index in [-0.39, 0.29) is 33.3 Å². The van der Waals surface area contributed by atoms with Gasteiger partial charge in [-0.15, -0.1) is 0 Å². The SMILES string of the molecule is Cn1cc(Cl)nc1NOP(=O)(ONc1nc(Cl)cn1C)ONc1nc(Cl)cn1C. The van der Waals surface area contributed by atoms with Gasteiger partial charge in [0.15, 0.2) is 0 Å². The third kappa shape index (κ3) is 5.54. The molecule has 29 heavy (non-hydrogen) atoms. The molecule has 0 aliphatic heterocycles. The van der Waals surface area contributed by atoms with Gasteiger partial charge in [-0.2, -0.15) is 28.8 Å². The summed E-state index contributed by atoms with van der Waals surface area (Å²) in [4.78, 5) is 11.8. The van der Waals surface area contributed by atoms with Crippen LogP contribution in [0.3, 0.4) is 0 Å². The topological polar surface area (TPSA) is 134 Å². The van der Waals surface area contributed by atoms with E-state index in [1.54, 1.807) is 21.1 Å². The number of phosphoric acid groups is 1. The highest BCUT2D eigenvalue weighted by atomic mass is 35.5. The lowest BCUT2D eigenvalue weighted by molar-refractivity contribution is 0.169. The third-order valence-corrected chi connectivity index (χ3v) is 4.78. The average molecular weight is 487 g/mol. The summed E-state index contributed by atoms with van der Waals surface area (Å²) in [7, 11) is 0.545. The summed E-state index contributed by atoms with van der Waals surface area (Å²) >= 11 is 17.4. The van der Waals surface area contributed by atoms with Crippen molar-refractivity contribution in [1.82, 2.24) is 28.7 Å². The molecular weight excluding hydrogens is 472 g/mol. The average Bonchev–Trinajstić information content (AvgIpc) is 3.25. The van der Waals surface area contributed by atoms with E-state index in [2.05, 4.69) is 31.4 Å². The Morgan fingerprint density at radius 2 is 1.00 bits per heavy atom. The number of nitrogens with zero attached hydrogens (tertiary/aromatic N) is 6. The van der Waals surface area contributed by atoms with Crippen LogP contribution in [-0.2, 0) is 39.6 Å². The van der Waals surface area contributed by atoms with Crippen LogP contribution in [0.5, 0.6) is 0 Å². The number of halogens is 3. The van der Waals surface area contributed by atoms with Crippen molar-refractivity contribution in [1.29, 1.82) is 0 Å². The van der Waals surface area contributed by atoms with Crippen LogP contribution in [0.1, 0.15) is 0 Å². The van der Waals surface area contributed by atoms with Crippen molar-refractivity contribution in [2.75, 3.05) is 16.4 Å². The van der Waals surface area contributed by atoms with Gasteiger partial charge in [0.05, 0.1) is 0 Å². The fourth-order valence-corrected chi connectivity index (χ4v) is 3.29. The summed E-state index contributed by atoms with van der Waals surface area (Å²) < 4.78 is 32.8. The van der Waals surface area contributed by atoms with E-state index >= 15 is 0 Å². The summed E-state index contributed by atoms with van der Waals surface area (Å²) in [6, 6.07) is 0. The van der Waals surface area contributed by atoms with Crippen molar-refractivity contribution in [2.24, 2.45) is 21.1 Å². The van der Waals surface area contributed by atoms with Gasteiger partial charge in [0.2, 0.25) is 17.8 Å². The summed E-state index contributed by atoms with van der Waals surface area (Å²) in [5, 5.41) is 0.575. The molecule has 3 N–H and O–H groups in total. The van der Waals surface area contributed by atoms with E-state index in [9.17, 15) is 4.57 Å². The molecule has 0 bridgehead atoms. The van der Waals surface area contributed by atoms with Gasteiger partial charge in [-0.05, 0) is 0 Å². The van der Waals surface area contributed by atoms with Gasteiger partial charge in [-0.25, -0.2) is 21.0 Å². The Morgan fingerprint density at radius 3 is 1.21 bits per heavy atom. The minimum Gasteiger partial charge on any atom is -0.317 e. The Hall–Kier alpha value is -1.99. The molecule has 0 saturated heterocycles. The molecule has 0 fully saturated rings. The number of anilines is 3. The predicted molar refractivity (Wildman–Crippen MR) is 106 cm³/mol. The Kier molecular flexibility index (Phi) is 6.58. The second-order valence-corrected chi connectivity index (χ2v) is 8.13. The van der Waals surface area contributed by atoms with Crippen LogP contribution in [0.2, 0.25) is 15.5 Å². The molecule has 17 heteroatoms. The van der Waals surface area contributed by atoms with Crippen molar-refractivity contribution in [3.05, 3.63) is 34.0 Å². The van der Waals surface area contributed by atoms with E-state index in [1.807, 2.05) is 0 Å². The second-order valence-electron chi connectivity index (χ2n) is 5.52. The molecule has 0 spiro atoms. The van der Waals surface area contributed by atoms with Gasteiger partial charge in [-0.3, -0.25) is 0 Å². The number of aromatic nitrogens is 6. The highest BCUT2D eigenvalue weighted by molar-refractivity contribution is 7.48. The van der Waals surface area contributed by atoms with Crippen molar-refractivity contribution in [3.63, 3.8) is 0 Å². The molecule has 3 heterocycles. The van der Waals surface area contributed by atoms with E-state index in [1.165, 1.54) is 32.3 Å². The summed E-state index contributed by atoms with van der Waals surface area (Å²) in [6.45, 7) is 0. The zero-order valence-corrected chi connectivity index (χ0v) is 18.3. The number of imidazole rings is 3. The molecule has 3 rings (SSSR count). The highest BCUT2D eigenvalue weighted by Gasteiger charge is 2.32. The highest BCUT2D eigenvalue weighted by Crippen LogP contribution is 2.49. The summed E-state index contributed by atoms with van der Waals surface area (Å²) in [5.41, 5.74) is 7.06. The molecular formula is C12H15Cl3N9O4P. The predicted octanol–water partition coefficient (Wildman–Crippen LogP) is 3.39. The van der Waals surface area contributed by atoms with E-state index in [0.29, 0.717) is 0 Å². The normalized spacial score (nSPS) is 11.7. The van der Waals surface area contributed by atoms with Gasteiger partial charge in [-0.1, -0.05) is 34.8 Å².